The van der Waals surface area contributed by atoms with Crippen molar-refractivity contribution in [1.29, 1.82) is 0 Å². The number of rotatable bonds is 6. The van der Waals surface area contributed by atoms with E-state index in [-0.39, 0.29) is 29.6 Å². The summed E-state index contributed by atoms with van der Waals surface area (Å²) in [7, 11) is 0. The highest BCUT2D eigenvalue weighted by molar-refractivity contribution is 5.86. The molecule has 0 aromatic rings. The molecule has 0 spiro atoms. The van der Waals surface area contributed by atoms with Crippen molar-refractivity contribution in [1.82, 2.24) is 10.6 Å². The van der Waals surface area contributed by atoms with Crippen LogP contribution in [0.15, 0.2) is 12.2 Å². The minimum absolute atomic E-state index is 0.0242. The normalized spacial score (nSPS) is 29.7. The monoisotopic (exact) mass is 294 g/mol. The highest BCUT2D eigenvalue weighted by atomic mass is 16.4. The van der Waals surface area contributed by atoms with E-state index in [0.717, 1.165) is 6.42 Å². The first-order valence-corrected chi connectivity index (χ1v) is 7.38. The topological polar surface area (TPSA) is 95.5 Å². The molecule has 2 unspecified atom stereocenters. The summed E-state index contributed by atoms with van der Waals surface area (Å²) >= 11 is 0. The first-order chi connectivity index (χ1) is 9.91. The van der Waals surface area contributed by atoms with E-state index in [1.165, 1.54) is 0 Å². The third-order valence-electron chi connectivity index (χ3n) is 4.30. The van der Waals surface area contributed by atoms with E-state index in [1.54, 1.807) is 13.8 Å². The van der Waals surface area contributed by atoms with E-state index in [0.29, 0.717) is 13.1 Å². The first-order valence-electron chi connectivity index (χ1n) is 7.38. The molecule has 1 fully saturated rings. The maximum atomic E-state index is 12.2. The summed E-state index contributed by atoms with van der Waals surface area (Å²) in [5.74, 6) is -2.38. The standard InChI is InChI=1S/C15H22N2O4/c1-8(2)13(18)16-5-6-17-14(19)11-9-3-4-10(7-9)12(11)15(20)21/h3-4,8-12H,5-7H2,1-2H3,(H,16,18)(H,17,19)(H,20,21)/t9?,10?,11-,12+/m0/s1. The molecule has 0 aliphatic heterocycles. The van der Waals surface area contributed by atoms with Crippen LogP contribution in [0.2, 0.25) is 0 Å². The number of hydrogen-bond acceptors (Lipinski definition) is 3. The summed E-state index contributed by atoms with van der Waals surface area (Å²) in [6.45, 7) is 4.28. The minimum Gasteiger partial charge on any atom is -0.481 e. The predicted molar refractivity (Wildman–Crippen MR) is 76.2 cm³/mol. The number of allylic oxidation sites excluding steroid dienone is 2. The van der Waals surface area contributed by atoms with E-state index in [9.17, 15) is 19.5 Å². The van der Waals surface area contributed by atoms with Crippen LogP contribution in [-0.2, 0) is 14.4 Å². The fraction of sp³-hybridized carbons (Fsp3) is 0.667. The van der Waals surface area contributed by atoms with Crippen molar-refractivity contribution < 1.29 is 19.5 Å². The Morgan fingerprint density at radius 3 is 2.24 bits per heavy atom. The Morgan fingerprint density at radius 2 is 1.67 bits per heavy atom. The van der Waals surface area contributed by atoms with E-state index in [4.69, 9.17) is 0 Å². The highest BCUT2D eigenvalue weighted by Crippen LogP contribution is 2.48. The Morgan fingerprint density at radius 1 is 1.10 bits per heavy atom. The smallest absolute Gasteiger partial charge is 0.307 e. The second-order valence-electron chi connectivity index (χ2n) is 6.07. The average molecular weight is 294 g/mol. The van der Waals surface area contributed by atoms with Crippen LogP contribution in [0.5, 0.6) is 0 Å². The van der Waals surface area contributed by atoms with Crippen LogP contribution in [0.4, 0.5) is 0 Å². The molecular formula is C15H22N2O4. The number of carbonyl (C=O) groups is 3. The molecule has 0 radical (unpaired) electrons. The van der Waals surface area contributed by atoms with Crippen molar-refractivity contribution in [2.45, 2.75) is 20.3 Å². The number of carbonyl (C=O) groups excluding carboxylic acids is 2. The molecule has 2 amide bonds. The van der Waals surface area contributed by atoms with Gasteiger partial charge < -0.3 is 15.7 Å². The molecular weight excluding hydrogens is 272 g/mol. The van der Waals surface area contributed by atoms with Gasteiger partial charge in [-0.25, -0.2) is 0 Å². The van der Waals surface area contributed by atoms with Gasteiger partial charge >= 0.3 is 5.97 Å². The van der Waals surface area contributed by atoms with Crippen molar-refractivity contribution in [3.05, 3.63) is 12.2 Å². The van der Waals surface area contributed by atoms with Gasteiger partial charge in [-0.1, -0.05) is 26.0 Å². The molecule has 1 saturated carbocycles. The molecule has 3 N–H and O–H groups in total. The SMILES string of the molecule is CC(C)C(=O)NCCNC(=O)[C@H]1C2C=CC(C2)[C@H]1C(=O)O. The maximum Gasteiger partial charge on any atom is 0.307 e. The quantitative estimate of drug-likeness (QED) is 0.488. The average Bonchev–Trinajstić information content (AvgIpc) is 3.03. The van der Waals surface area contributed by atoms with Crippen LogP contribution in [0.1, 0.15) is 20.3 Å². The van der Waals surface area contributed by atoms with Gasteiger partial charge in [0.05, 0.1) is 11.8 Å². The van der Waals surface area contributed by atoms with Crippen LogP contribution in [0.3, 0.4) is 0 Å². The fourth-order valence-corrected chi connectivity index (χ4v) is 3.21. The van der Waals surface area contributed by atoms with Crippen molar-refractivity contribution in [2.75, 3.05) is 13.1 Å². The van der Waals surface area contributed by atoms with Gasteiger partial charge in [0, 0.05) is 19.0 Å². The summed E-state index contributed by atoms with van der Waals surface area (Å²) in [5.41, 5.74) is 0. The van der Waals surface area contributed by atoms with Crippen LogP contribution >= 0.6 is 0 Å². The molecule has 0 aromatic heterocycles. The number of fused-ring (bicyclic) bond motifs is 2. The largest absolute Gasteiger partial charge is 0.481 e. The molecule has 0 aromatic carbocycles. The summed E-state index contributed by atoms with van der Waals surface area (Å²) in [5, 5.41) is 14.7. The zero-order valence-corrected chi connectivity index (χ0v) is 12.3. The van der Waals surface area contributed by atoms with Crippen molar-refractivity contribution in [2.24, 2.45) is 29.6 Å². The Labute approximate surface area is 124 Å². The van der Waals surface area contributed by atoms with Gasteiger partial charge in [-0.2, -0.15) is 0 Å². The number of carboxylic acid groups (broad SMARTS) is 1. The third-order valence-corrected chi connectivity index (χ3v) is 4.30. The summed E-state index contributed by atoms with van der Waals surface area (Å²) in [4.78, 5) is 34.9. The number of aliphatic carboxylic acids is 1. The van der Waals surface area contributed by atoms with Gasteiger partial charge in [-0.15, -0.1) is 0 Å². The second kappa shape index (κ2) is 6.28. The van der Waals surface area contributed by atoms with Crippen LogP contribution in [0.25, 0.3) is 0 Å². The number of nitrogens with one attached hydrogen (secondary N) is 2. The lowest BCUT2D eigenvalue weighted by molar-refractivity contribution is -0.147. The minimum atomic E-state index is -0.903. The van der Waals surface area contributed by atoms with E-state index < -0.39 is 17.8 Å². The molecule has 0 saturated heterocycles. The molecule has 6 heteroatoms. The second-order valence-corrected chi connectivity index (χ2v) is 6.07. The van der Waals surface area contributed by atoms with Crippen molar-refractivity contribution >= 4 is 17.8 Å². The lowest BCUT2D eigenvalue weighted by atomic mass is 9.82. The molecule has 0 heterocycles. The third kappa shape index (κ3) is 3.25. The number of amides is 2. The van der Waals surface area contributed by atoms with Gasteiger partial charge in [-0.3, -0.25) is 14.4 Å². The van der Waals surface area contributed by atoms with E-state index in [2.05, 4.69) is 10.6 Å². The molecule has 21 heavy (non-hydrogen) atoms. The first kappa shape index (κ1) is 15.5. The lowest BCUT2D eigenvalue weighted by Gasteiger charge is -2.23. The van der Waals surface area contributed by atoms with Gasteiger partial charge in [0.15, 0.2) is 0 Å². The summed E-state index contributed by atoms with van der Waals surface area (Å²) in [6, 6.07) is 0. The van der Waals surface area contributed by atoms with Crippen LogP contribution in [0, 0.1) is 29.6 Å². The Balaban J connectivity index is 1.82. The van der Waals surface area contributed by atoms with Gasteiger partial charge in [0.25, 0.3) is 0 Å². The van der Waals surface area contributed by atoms with Crippen LogP contribution in [-0.4, -0.2) is 36.0 Å². The number of carboxylic acids is 1. The Hall–Kier alpha value is -1.85. The highest BCUT2D eigenvalue weighted by Gasteiger charge is 2.51. The molecule has 116 valence electrons. The molecule has 2 aliphatic carbocycles. The summed E-state index contributed by atoms with van der Waals surface area (Å²) in [6.07, 6.45) is 4.62. The van der Waals surface area contributed by atoms with E-state index >= 15 is 0 Å². The maximum absolute atomic E-state index is 12.2. The molecule has 2 rings (SSSR count). The van der Waals surface area contributed by atoms with E-state index in [1.807, 2.05) is 12.2 Å². The van der Waals surface area contributed by atoms with Gasteiger partial charge in [-0.05, 0) is 18.3 Å². The molecule has 4 atom stereocenters. The summed E-state index contributed by atoms with van der Waals surface area (Å²) < 4.78 is 0. The van der Waals surface area contributed by atoms with Crippen molar-refractivity contribution in [3.63, 3.8) is 0 Å². The van der Waals surface area contributed by atoms with Gasteiger partial charge in [0.2, 0.25) is 11.8 Å². The molecule has 2 bridgehead atoms. The number of hydrogen-bond donors (Lipinski definition) is 3. The molecule has 2 aliphatic rings. The lowest BCUT2D eigenvalue weighted by Crippen LogP contribution is -2.43. The van der Waals surface area contributed by atoms with Crippen LogP contribution < -0.4 is 10.6 Å². The fourth-order valence-electron chi connectivity index (χ4n) is 3.21. The Bertz CT molecular complexity index is 472. The van der Waals surface area contributed by atoms with Gasteiger partial charge in [0.1, 0.15) is 0 Å². The predicted octanol–water partition coefficient (Wildman–Crippen LogP) is 0.398. The zero-order chi connectivity index (χ0) is 15.6. The molecule has 6 nitrogen and oxygen atoms in total. The Kier molecular flexibility index (Phi) is 4.65. The van der Waals surface area contributed by atoms with Crippen molar-refractivity contribution in [3.8, 4) is 0 Å². The zero-order valence-electron chi connectivity index (χ0n) is 12.3.